The molecule has 8 heteroatoms. The third-order valence-electron chi connectivity index (χ3n) is 2.29. The molecule has 6 N–H and O–H groups in total. The van der Waals surface area contributed by atoms with Gasteiger partial charge in [-0.05, 0) is 0 Å². The van der Waals surface area contributed by atoms with Crippen LogP contribution in [0.2, 0.25) is 0 Å². The first-order valence-corrected chi connectivity index (χ1v) is 6.81. The van der Waals surface area contributed by atoms with Gasteiger partial charge in [0.05, 0.1) is 23.3 Å². The second-order valence-electron chi connectivity index (χ2n) is 3.42. The maximum absolute atomic E-state index is 9.68. The molecule has 98 valence electrons. The van der Waals surface area contributed by atoms with Crippen LogP contribution in [0.25, 0.3) is 0 Å². The number of aliphatic hydroxyl groups is 4. The Morgan fingerprint density at radius 2 is 1.62 bits per heavy atom. The zero-order valence-corrected chi connectivity index (χ0v) is 11.0. The summed E-state index contributed by atoms with van der Waals surface area (Å²) in [5, 5.41) is 36.9. The van der Waals surface area contributed by atoms with E-state index in [1.165, 1.54) is 0 Å². The largest absolute Gasteiger partial charge is 0.394 e. The Balaban J connectivity index is 0.00000225. The van der Waals surface area contributed by atoms with Crippen molar-refractivity contribution in [1.29, 1.82) is 0 Å². The molecular weight excluding hydrogens is 274 g/mol. The average molecular weight is 292 g/mol. The van der Waals surface area contributed by atoms with Crippen LogP contribution in [0, 0.1) is 0 Å². The van der Waals surface area contributed by atoms with Crippen LogP contribution >= 0.6 is 35.9 Å². The molecule has 0 aromatic carbocycles. The summed E-state index contributed by atoms with van der Waals surface area (Å²) in [6.07, 6.45) is -3.95. The van der Waals surface area contributed by atoms with E-state index in [0.29, 0.717) is 0 Å². The summed E-state index contributed by atoms with van der Waals surface area (Å²) >= 11 is 3.28. The van der Waals surface area contributed by atoms with E-state index in [1.807, 2.05) is 0 Å². The Morgan fingerprint density at radius 1 is 1.12 bits per heavy atom. The van der Waals surface area contributed by atoms with Gasteiger partial charge in [-0.2, -0.15) is 0 Å². The molecule has 5 nitrogen and oxygen atoms in total. The highest BCUT2D eigenvalue weighted by Crippen LogP contribution is 2.35. The second kappa shape index (κ2) is 7.99. The van der Waals surface area contributed by atoms with Gasteiger partial charge in [0.25, 0.3) is 0 Å². The highest BCUT2D eigenvalue weighted by Gasteiger charge is 2.35. The van der Waals surface area contributed by atoms with E-state index in [9.17, 15) is 10.2 Å². The van der Waals surface area contributed by atoms with Crippen LogP contribution in [0.4, 0.5) is 0 Å². The SMILES string of the molecule is Cl.NC(C1SCCS1)C(O)C(O)C(O)CO. The number of aliphatic hydroxyl groups excluding tert-OH is 4. The molecule has 0 spiro atoms. The summed E-state index contributed by atoms with van der Waals surface area (Å²) in [6, 6.07) is -0.598. The first kappa shape index (κ1) is 16.8. The van der Waals surface area contributed by atoms with Gasteiger partial charge < -0.3 is 26.2 Å². The third kappa shape index (κ3) is 4.23. The van der Waals surface area contributed by atoms with Crippen molar-refractivity contribution in [2.45, 2.75) is 28.9 Å². The normalized spacial score (nSPS) is 24.6. The summed E-state index contributed by atoms with van der Waals surface area (Å²) < 4.78 is 0.0422. The fourth-order valence-corrected chi connectivity index (χ4v) is 4.29. The van der Waals surface area contributed by atoms with Crippen LogP contribution in [-0.4, -0.2) is 67.5 Å². The molecular formula is C8H18ClNO4S2. The molecule has 0 aromatic rings. The Bertz CT molecular complexity index is 197. The monoisotopic (exact) mass is 291 g/mol. The molecule has 1 heterocycles. The van der Waals surface area contributed by atoms with Gasteiger partial charge in [-0.15, -0.1) is 35.9 Å². The maximum atomic E-state index is 9.68. The van der Waals surface area contributed by atoms with Crippen molar-refractivity contribution in [3.8, 4) is 0 Å². The molecule has 1 aliphatic rings. The van der Waals surface area contributed by atoms with E-state index >= 15 is 0 Å². The van der Waals surface area contributed by atoms with Gasteiger partial charge in [-0.1, -0.05) is 0 Å². The second-order valence-corrected chi connectivity index (χ2v) is 6.22. The lowest BCUT2D eigenvalue weighted by molar-refractivity contribution is -0.0817. The third-order valence-corrected chi connectivity index (χ3v) is 5.53. The summed E-state index contributed by atoms with van der Waals surface area (Å²) in [4.78, 5) is 0. The smallest absolute Gasteiger partial charge is 0.110 e. The van der Waals surface area contributed by atoms with Gasteiger partial charge in [-0.3, -0.25) is 0 Å². The minimum absolute atomic E-state index is 0. The summed E-state index contributed by atoms with van der Waals surface area (Å²) in [7, 11) is 0. The highest BCUT2D eigenvalue weighted by molar-refractivity contribution is 8.20. The van der Waals surface area contributed by atoms with Crippen molar-refractivity contribution < 1.29 is 20.4 Å². The first-order chi connectivity index (χ1) is 7.07. The lowest BCUT2D eigenvalue weighted by Crippen LogP contribution is -2.52. The van der Waals surface area contributed by atoms with Gasteiger partial charge in [0, 0.05) is 11.5 Å². The summed E-state index contributed by atoms with van der Waals surface area (Å²) in [5.41, 5.74) is 5.77. The molecule has 0 saturated carbocycles. The van der Waals surface area contributed by atoms with Crippen molar-refractivity contribution >= 4 is 35.9 Å². The van der Waals surface area contributed by atoms with E-state index in [4.69, 9.17) is 15.9 Å². The van der Waals surface area contributed by atoms with Gasteiger partial charge in [0.1, 0.15) is 12.2 Å². The fourth-order valence-electron chi connectivity index (χ4n) is 1.32. The predicted octanol–water partition coefficient (Wildman–Crippen LogP) is -1.38. The molecule has 16 heavy (non-hydrogen) atoms. The number of hydrogen-bond acceptors (Lipinski definition) is 7. The van der Waals surface area contributed by atoms with Crippen molar-refractivity contribution in [2.75, 3.05) is 18.1 Å². The zero-order chi connectivity index (χ0) is 11.4. The van der Waals surface area contributed by atoms with Gasteiger partial charge >= 0.3 is 0 Å². The minimum Gasteiger partial charge on any atom is -0.394 e. The number of hydrogen-bond donors (Lipinski definition) is 5. The molecule has 0 bridgehead atoms. The molecule has 0 radical (unpaired) electrons. The van der Waals surface area contributed by atoms with E-state index in [2.05, 4.69) is 0 Å². The average Bonchev–Trinajstić information content (AvgIpc) is 2.78. The minimum atomic E-state index is -1.40. The van der Waals surface area contributed by atoms with Crippen molar-refractivity contribution in [1.82, 2.24) is 0 Å². The Labute approximate surface area is 109 Å². The van der Waals surface area contributed by atoms with Crippen LogP contribution in [0.3, 0.4) is 0 Å². The van der Waals surface area contributed by atoms with Crippen molar-refractivity contribution in [2.24, 2.45) is 5.73 Å². The zero-order valence-electron chi connectivity index (χ0n) is 8.60. The Hall–Kier alpha value is 0.790. The lowest BCUT2D eigenvalue weighted by atomic mass is 10.0. The lowest BCUT2D eigenvalue weighted by Gasteiger charge is -2.29. The molecule has 1 fully saturated rings. The van der Waals surface area contributed by atoms with E-state index in [0.717, 1.165) is 11.5 Å². The number of nitrogens with two attached hydrogens (primary N) is 1. The van der Waals surface area contributed by atoms with Gasteiger partial charge in [0.15, 0.2) is 0 Å². The fraction of sp³-hybridized carbons (Fsp3) is 1.00. The molecule has 0 amide bonds. The first-order valence-electron chi connectivity index (χ1n) is 4.71. The highest BCUT2D eigenvalue weighted by atomic mass is 35.5. The Kier molecular flexibility index (Phi) is 8.39. The van der Waals surface area contributed by atoms with Crippen LogP contribution in [0.1, 0.15) is 0 Å². The molecule has 1 saturated heterocycles. The standard InChI is InChI=1S/C8H17NO4S2.ClH/c9-5(8-14-1-2-15-8)7(13)6(12)4(11)3-10;/h4-8,10-13H,1-3,9H2;1H. The molecule has 0 aliphatic carbocycles. The van der Waals surface area contributed by atoms with Crippen LogP contribution in [-0.2, 0) is 0 Å². The maximum Gasteiger partial charge on any atom is 0.110 e. The van der Waals surface area contributed by atoms with E-state index < -0.39 is 31.0 Å². The number of thioether (sulfide) groups is 2. The summed E-state index contributed by atoms with van der Waals surface area (Å²) in [5.74, 6) is 1.96. The number of rotatable bonds is 5. The molecule has 4 unspecified atom stereocenters. The molecule has 1 aliphatic heterocycles. The van der Waals surface area contributed by atoms with E-state index in [1.54, 1.807) is 23.5 Å². The topological polar surface area (TPSA) is 107 Å². The van der Waals surface area contributed by atoms with Crippen molar-refractivity contribution in [3.05, 3.63) is 0 Å². The summed E-state index contributed by atoms with van der Waals surface area (Å²) in [6.45, 7) is -0.587. The van der Waals surface area contributed by atoms with Crippen LogP contribution in [0.5, 0.6) is 0 Å². The van der Waals surface area contributed by atoms with E-state index in [-0.39, 0.29) is 17.0 Å². The predicted molar refractivity (Wildman–Crippen MR) is 69.0 cm³/mol. The molecule has 4 atom stereocenters. The van der Waals surface area contributed by atoms with Crippen molar-refractivity contribution in [3.63, 3.8) is 0 Å². The number of halogens is 1. The van der Waals surface area contributed by atoms with Gasteiger partial charge in [-0.25, -0.2) is 0 Å². The molecule has 1 rings (SSSR count). The molecule has 0 aromatic heterocycles. The van der Waals surface area contributed by atoms with Crippen LogP contribution < -0.4 is 5.73 Å². The van der Waals surface area contributed by atoms with Gasteiger partial charge in [0.2, 0.25) is 0 Å². The van der Waals surface area contributed by atoms with Crippen LogP contribution in [0.15, 0.2) is 0 Å². The Morgan fingerprint density at radius 3 is 2.06 bits per heavy atom. The quantitative estimate of drug-likeness (QED) is 0.425.